The van der Waals surface area contributed by atoms with Crippen molar-refractivity contribution in [3.8, 4) is 11.8 Å². The van der Waals surface area contributed by atoms with Gasteiger partial charge >= 0.3 is 0 Å². The first-order chi connectivity index (χ1) is 12.0. The standard InChI is InChI=1S/C21H23NO2S/c1-25(23,24)22-20(14-12-18-8-4-2-5-9-18)16-17-21(22)15-13-19-10-6-3-7-11-19/h2-11,20-21H,12,14,16-17H2,1H3. The minimum atomic E-state index is -3.28. The molecular formula is C21H23NO2S. The summed E-state index contributed by atoms with van der Waals surface area (Å²) in [5.74, 6) is 6.31. The molecule has 3 rings (SSSR count). The van der Waals surface area contributed by atoms with Gasteiger partial charge in [-0.2, -0.15) is 4.31 Å². The Kier molecular flexibility index (Phi) is 5.57. The molecule has 0 aromatic heterocycles. The summed E-state index contributed by atoms with van der Waals surface area (Å²) < 4.78 is 26.3. The zero-order valence-electron chi connectivity index (χ0n) is 14.4. The SMILES string of the molecule is CS(=O)(=O)N1C(C#Cc2ccccc2)CCC1CCc1ccccc1. The van der Waals surface area contributed by atoms with Crippen LogP contribution in [0.4, 0.5) is 0 Å². The summed E-state index contributed by atoms with van der Waals surface area (Å²) in [4.78, 5) is 0. The second kappa shape index (κ2) is 7.86. The molecular weight excluding hydrogens is 330 g/mol. The van der Waals surface area contributed by atoms with Gasteiger partial charge in [0.15, 0.2) is 0 Å². The number of benzene rings is 2. The fourth-order valence-electron chi connectivity index (χ4n) is 3.43. The summed E-state index contributed by atoms with van der Waals surface area (Å²) in [5, 5.41) is 0. The van der Waals surface area contributed by atoms with E-state index in [0.29, 0.717) is 0 Å². The van der Waals surface area contributed by atoms with Crippen molar-refractivity contribution in [3.05, 3.63) is 71.8 Å². The maximum absolute atomic E-state index is 12.3. The largest absolute Gasteiger partial charge is 0.212 e. The molecule has 0 radical (unpaired) electrons. The van der Waals surface area contributed by atoms with E-state index in [0.717, 1.165) is 31.2 Å². The number of sulfonamides is 1. The lowest BCUT2D eigenvalue weighted by Gasteiger charge is -2.25. The van der Waals surface area contributed by atoms with Gasteiger partial charge in [-0.25, -0.2) is 8.42 Å². The molecule has 2 aromatic rings. The number of aryl methyl sites for hydroxylation is 1. The van der Waals surface area contributed by atoms with Gasteiger partial charge < -0.3 is 0 Å². The highest BCUT2D eigenvalue weighted by Gasteiger charge is 2.38. The van der Waals surface area contributed by atoms with Crippen molar-refractivity contribution in [2.75, 3.05) is 6.26 Å². The topological polar surface area (TPSA) is 37.4 Å². The monoisotopic (exact) mass is 353 g/mol. The van der Waals surface area contributed by atoms with E-state index in [1.165, 1.54) is 11.8 Å². The van der Waals surface area contributed by atoms with Crippen LogP contribution in [-0.2, 0) is 16.4 Å². The quantitative estimate of drug-likeness (QED) is 0.790. The predicted molar refractivity (Wildman–Crippen MR) is 102 cm³/mol. The van der Waals surface area contributed by atoms with Crippen molar-refractivity contribution < 1.29 is 8.42 Å². The normalized spacial score (nSPS) is 20.8. The van der Waals surface area contributed by atoms with Crippen LogP contribution in [0.15, 0.2) is 60.7 Å². The second-order valence-electron chi connectivity index (χ2n) is 6.50. The lowest BCUT2D eigenvalue weighted by molar-refractivity contribution is 0.346. The lowest BCUT2D eigenvalue weighted by atomic mass is 10.0. The van der Waals surface area contributed by atoms with Crippen LogP contribution in [0.5, 0.6) is 0 Å². The first-order valence-corrected chi connectivity index (χ1v) is 10.5. The Hall–Kier alpha value is -2.09. The molecule has 0 bridgehead atoms. The van der Waals surface area contributed by atoms with E-state index in [1.54, 1.807) is 4.31 Å². The third kappa shape index (κ3) is 4.72. The van der Waals surface area contributed by atoms with E-state index in [2.05, 4.69) is 24.0 Å². The Morgan fingerprint density at radius 3 is 2.28 bits per heavy atom. The Morgan fingerprint density at radius 2 is 1.64 bits per heavy atom. The van der Waals surface area contributed by atoms with Crippen molar-refractivity contribution in [1.29, 1.82) is 0 Å². The average molecular weight is 353 g/mol. The van der Waals surface area contributed by atoms with Gasteiger partial charge in [0.05, 0.1) is 12.3 Å². The van der Waals surface area contributed by atoms with Crippen molar-refractivity contribution in [2.45, 2.75) is 37.8 Å². The molecule has 3 nitrogen and oxygen atoms in total. The Labute approximate surface area is 150 Å². The minimum absolute atomic E-state index is 0.0327. The zero-order valence-corrected chi connectivity index (χ0v) is 15.2. The van der Waals surface area contributed by atoms with Crippen LogP contribution in [0.1, 0.15) is 30.4 Å². The molecule has 0 spiro atoms. The molecule has 2 atom stereocenters. The van der Waals surface area contributed by atoms with Crippen LogP contribution in [-0.4, -0.2) is 31.1 Å². The van der Waals surface area contributed by atoms with E-state index in [1.807, 2.05) is 48.5 Å². The van der Waals surface area contributed by atoms with Crippen LogP contribution in [0.3, 0.4) is 0 Å². The van der Waals surface area contributed by atoms with E-state index in [4.69, 9.17) is 0 Å². The summed E-state index contributed by atoms with van der Waals surface area (Å²) in [6.45, 7) is 0. The fourth-order valence-corrected chi connectivity index (χ4v) is 4.81. The minimum Gasteiger partial charge on any atom is -0.212 e. The van der Waals surface area contributed by atoms with Crippen molar-refractivity contribution in [3.63, 3.8) is 0 Å². The lowest BCUT2D eigenvalue weighted by Crippen LogP contribution is -2.40. The number of rotatable bonds is 4. The first-order valence-electron chi connectivity index (χ1n) is 8.63. The molecule has 1 aliphatic heterocycles. The molecule has 1 heterocycles. The van der Waals surface area contributed by atoms with Gasteiger partial charge in [-0.3, -0.25) is 0 Å². The predicted octanol–water partition coefficient (Wildman–Crippen LogP) is 3.46. The van der Waals surface area contributed by atoms with Gasteiger partial charge in [-0.15, -0.1) is 0 Å². The Bertz CT molecular complexity index is 851. The molecule has 2 unspecified atom stereocenters. The van der Waals surface area contributed by atoms with E-state index >= 15 is 0 Å². The van der Waals surface area contributed by atoms with Gasteiger partial charge in [0.2, 0.25) is 10.0 Å². The van der Waals surface area contributed by atoms with Crippen LogP contribution < -0.4 is 0 Å². The van der Waals surface area contributed by atoms with Crippen molar-refractivity contribution in [2.24, 2.45) is 0 Å². The smallest absolute Gasteiger partial charge is 0.212 e. The van der Waals surface area contributed by atoms with Crippen molar-refractivity contribution in [1.82, 2.24) is 4.31 Å². The highest BCUT2D eigenvalue weighted by molar-refractivity contribution is 7.88. The Morgan fingerprint density at radius 1 is 1.00 bits per heavy atom. The number of nitrogens with zero attached hydrogens (tertiary/aromatic N) is 1. The molecule has 0 saturated carbocycles. The molecule has 25 heavy (non-hydrogen) atoms. The molecule has 0 amide bonds. The molecule has 4 heteroatoms. The van der Waals surface area contributed by atoms with Crippen LogP contribution in [0.2, 0.25) is 0 Å². The molecule has 0 N–H and O–H groups in total. The molecule has 2 aromatic carbocycles. The van der Waals surface area contributed by atoms with Crippen LogP contribution >= 0.6 is 0 Å². The highest BCUT2D eigenvalue weighted by atomic mass is 32.2. The van der Waals surface area contributed by atoms with E-state index < -0.39 is 10.0 Å². The third-order valence-electron chi connectivity index (χ3n) is 4.59. The molecule has 1 aliphatic rings. The van der Waals surface area contributed by atoms with Gasteiger partial charge in [0.1, 0.15) is 0 Å². The van der Waals surface area contributed by atoms with Gasteiger partial charge in [-0.05, 0) is 43.4 Å². The van der Waals surface area contributed by atoms with Gasteiger partial charge in [0, 0.05) is 11.6 Å². The molecule has 1 saturated heterocycles. The third-order valence-corrected chi connectivity index (χ3v) is 5.91. The average Bonchev–Trinajstić information content (AvgIpc) is 3.03. The van der Waals surface area contributed by atoms with Gasteiger partial charge in [-0.1, -0.05) is 60.4 Å². The number of hydrogen-bond donors (Lipinski definition) is 0. The molecule has 130 valence electrons. The summed E-state index contributed by atoms with van der Waals surface area (Å²) in [6, 6.07) is 19.7. The Balaban J connectivity index is 1.74. The maximum atomic E-state index is 12.3. The number of hydrogen-bond acceptors (Lipinski definition) is 2. The van der Waals surface area contributed by atoms with Crippen LogP contribution in [0, 0.1) is 11.8 Å². The molecule has 1 fully saturated rings. The first kappa shape index (κ1) is 17.7. The maximum Gasteiger partial charge on any atom is 0.212 e. The fraction of sp³-hybridized carbons (Fsp3) is 0.333. The van der Waals surface area contributed by atoms with Crippen molar-refractivity contribution >= 4 is 10.0 Å². The van der Waals surface area contributed by atoms with Gasteiger partial charge in [0.25, 0.3) is 0 Å². The summed E-state index contributed by atoms with van der Waals surface area (Å²) in [7, 11) is -3.28. The highest BCUT2D eigenvalue weighted by Crippen LogP contribution is 2.29. The summed E-state index contributed by atoms with van der Waals surface area (Å²) >= 11 is 0. The summed E-state index contributed by atoms with van der Waals surface area (Å²) in [5.41, 5.74) is 2.17. The van der Waals surface area contributed by atoms with E-state index in [-0.39, 0.29) is 12.1 Å². The molecule has 0 aliphatic carbocycles. The van der Waals surface area contributed by atoms with E-state index in [9.17, 15) is 8.42 Å². The second-order valence-corrected chi connectivity index (χ2v) is 8.39. The zero-order chi connectivity index (χ0) is 17.7. The summed E-state index contributed by atoms with van der Waals surface area (Å²) in [6.07, 6.45) is 4.68. The van der Waals surface area contributed by atoms with Crippen LogP contribution in [0.25, 0.3) is 0 Å².